The molecule has 0 aliphatic carbocycles. The number of rotatable bonds is 12. The molecule has 15 heterocycles. The van der Waals surface area contributed by atoms with Gasteiger partial charge in [0.05, 0.1) is 91.7 Å². The highest BCUT2D eigenvalue weighted by Crippen LogP contribution is 2.49. The number of phenols is 3. The lowest BCUT2D eigenvalue weighted by atomic mass is 10.0. The maximum absolute atomic E-state index is 16.7. The summed E-state index contributed by atoms with van der Waals surface area (Å²) in [4.78, 5) is 133. The summed E-state index contributed by atoms with van der Waals surface area (Å²) in [5.41, 5.74) is 0.699. The molecule has 3 amide bonds. The van der Waals surface area contributed by atoms with E-state index >= 15 is 26.3 Å². The number of anilines is 5. The number of halogens is 6. The number of nitrogens with zero attached hydrogens (tertiary/aromatic N) is 19. The van der Waals surface area contributed by atoms with Crippen LogP contribution in [-0.2, 0) is 14.4 Å². The summed E-state index contributed by atoms with van der Waals surface area (Å²) in [7, 11) is 1.69. The number of ether oxygens (including phenoxy) is 1. The van der Waals surface area contributed by atoms with Crippen LogP contribution in [0, 0.1) is 55.7 Å². The van der Waals surface area contributed by atoms with Gasteiger partial charge in [-0.2, -0.15) is 15.0 Å². The molecular formula is C93H92F6N20O10. The number of aromatic nitrogens is 12. The molecule has 30 nitrogen and oxygen atoms in total. The number of fused-ring (bicyclic) bond motifs is 6. The van der Waals surface area contributed by atoms with Crippen LogP contribution in [-0.4, -0.2) is 210 Å². The van der Waals surface area contributed by atoms with Gasteiger partial charge in [-0.1, -0.05) is 79.5 Å². The molecular weight excluding hydrogens is 1670 g/mol. The SMILES string of the molecule is C=CC(=O)N1CCN2c3nc(=O)n(-c4c(C)ccnc4C(C)C)c4nc(-c5c(O)cccc5F)c(F)c(c34)N(C)CC2C1.C=CC(=O)N1CCN2c3nc(=O)n(-c4c(C)ccnc4C(C)C)c4nc(-c5c(O)cccc5F)c(F)c(c34)NCCC2C1.C=CC(=O)N1CCN2c3nc(=O)n(-c4c(C)ccnc4C(C)C)c4nc(-c5c(O)cccc5F)c(F)c(c34)OCCC2C1. The first-order valence-corrected chi connectivity index (χ1v) is 42.2. The molecule has 3 aromatic carbocycles. The van der Waals surface area contributed by atoms with Crippen molar-refractivity contribution in [3.8, 4) is 73.8 Å². The Hall–Kier alpha value is -14.6. The highest BCUT2D eigenvalue weighted by molar-refractivity contribution is 6.04. The summed E-state index contributed by atoms with van der Waals surface area (Å²) < 4.78 is 105. The predicted octanol–water partition coefficient (Wildman–Crippen LogP) is 12.4. The largest absolute Gasteiger partial charge is 0.507 e. The number of hydrogen-bond donors (Lipinski definition) is 4. The van der Waals surface area contributed by atoms with Crippen LogP contribution in [0.15, 0.2) is 144 Å². The smallest absolute Gasteiger partial charge is 0.355 e. The Morgan fingerprint density at radius 1 is 0.450 bits per heavy atom. The van der Waals surface area contributed by atoms with Crippen LogP contribution in [0.5, 0.6) is 23.0 Å². The zero-order chi connectivity index (χ0) is 91.9. The highest BCUT2D eigenvalue weighted by atomic mass is 19.1. The number of likely N-dealkylation sites (N-methyl/N-ethyl adjacent to an activating group) is 1. The lowest BCUT2D eigenvalue weighted by Crippen LogP contribution is -2.57. The average molecular weight is 1760 g/mol. The molecule has 0 radical (unpaired) electrons. The van der Waals surface area contributed by atoms with Gasteiger partial charge in [0, 0.05) is 110 Å². The van der Waals surface area contributed by atoms with Crippen molar-refractivity contribution in [1.29, 1.82) is 0 Å². The maximum Gasteiger partial charge on any atom is 0.355 e. The molecule has 3 atom stereocenters. The van der Waals surface area contributed by atoms with Gasteiger partial charge in [0.25, 0.3) is 0 Å². The number of phenolic OH excluding ortho intramolecular Hbond substituents is 3. The Kier molecular flexibility index (Phi) is 23.8. The van der Waals surface area contributed by atoms with E-state index in [1.807, 2.05) is 77.0 Å². The molecule has 12 aromatic rings. The highest BCUT2D eigenvalue weighted by Gasteiger charge is 2.43. The Labute approximate surface area is 735 Å². The van der Waals surface area contributed by atoms with Crippen molar-refractivity contribution in [2.45, 2.75) is 111 Å². The molecule has 666 valence electrons. The number of pyridine rings is 6. The van der Waals surface area contributed by atoms with Gasteiger partial charge < -0.3 is 59.7 Å². The van der Waals surface area contributed by atoms with E-state index in [1.165, 1.54) is 68.3 Å². The molecule has 0 spiro atoms. The third-order valence-corrected chi connectivity index (χ3v) is 24.3. The molecule has 18 rings (SSSR count). The number of nitrogens with one attached hydrogen (secondary N) is 1. The van der Waals surface area contributed by atoms with Crippen LogP contribution in [0.1, 0.15) is 106 Å². The van der Waals surface area contributed by atoms with Gasteiger partial charge in [-0.25, -0.2) is 69.4 Å². The van der Waals surface area contributed by atoms with E-state index in [-0.39, 0.29) is 134 Å². The fourth-order valence-electron chi connectivity index (χ4n) is 18.2. The Morgan fingerprint density at radius 2 is 0.806 bits per heavy atom. The molecule has 129 heavy (non-hydrogen) atoms. The summed E-state index contributed by atoms with van der Waals surface area (Å²) in [5.74, 6) is -7.45. The number of benzene rings is 3. The molecule has 0 saturated carbocycles. The number of carbonyl (C=O) groups excluding carboxylic acids is 3. The van der Waals surface area contributed by atoms with Crippen LogP contribution in [0.3, 0.4) is 0 Å². The number of amides is 3. The minimum atomic E-state index is -0.993. The first-order valence-electron chi connectivity index (χ1n) is 42.2. The van der Waals surface area contributed by atoms with Gasteiger partial charge in [0.15, 0.2) is 40.1 Å². The van der Waals surface area contributed by atoms with Crippen molar-refractivity contribution in [1.82, 2.24) is 73.3 Å². The summed E-state index contributed by atoms with van der Waals surface area (Å²) in [6.45, 7) is 31.5. The van der Waals surface area contributed by atoms with Crippen molar-refractivity contribution in [3.63, 3.8) is 0 Å². The topological polar surface area (TPSA) is 338 Å². The first-order chi connectivity index (χ1) is 61.8. The fourth-order valence-corrected chi connectivity index (χ4v) is 18.2. The third kappa shape index (κ3) is 15.4. The van der Waals surface area contributed by atoms with E-state index in [0.29, 0.717) is 124 Å². The van der Waals surface area contributed by atoms with Crippen molar-refractivity contribution in [2.75, 3.05) is 111 Å². The summed E-state index contributed by atoms with van der Waals surface area (Å²) in [6, 6.07) is 15.4. The molecule has 3 unspecified atom stereocenters. The van der Waals surface area contributed by atoms with Crippen LogP contribution < -0.4 is 46.7 Å². The van der Waals surface area contributed by atoms with Crippen LogP contribution in [0.4, 0.5) is 55.2 Å². The van der Waals surface area contributed by atoms with Crippen molar-refractivity contribution < 1.29 is 60.8 Å². The molecule has 6 aliphatic heterocycles. The monoisotopic (exact) mass is 1760 g/mol. The van der Waals surface area contributed by atoms with E-state index < -0.39 is 103 Å². The molecule has 4 N–H and O–H groups in total. The van der Waals surface area contributed by atoms with Gasteiger partial charge in [-0.15, -0.1) is 0 Å². The maximum atomic E-state index is 16.7. The summed E-state index contributed by atoms with van der Waals surface area (Å²) >= 11 is 0. The minimum absolute atomic E-state index is 0.00501. The zero-order valence-electron chi connectivity index (χ0n) is 72.3. The van der Waals surface area contributed by atoms with Crippen LogP contribution >= 0.6 is 0 Å². The van der Waals surface area contributed by atoms with E-state index in [2.05, 4.69) is 69.9 Å². The van der Waals surface area contributed by atoms with Gasteiger partial charge >= 0.3 is 17.1 Å². The van der Waals surface area contributed by atoms with Gasteiger partial charge in [-0.3, -0.25) is 29.3 Å². The third-order valence-electron chi connectivity index (χ3n) is 24.3. The molecule has 0 bridgehead atoms. The second-order valence-corrected chi connectivity index (χ2v) is 33.3. The zero-order valence-corrected chi connectivity index (χ0v) is 72.3. The molecule has 9 aromatic heterocycles. The molecule has 3 fully saturated rings. The normalized spacial score (nSPS) is 16.5. The Balaban J connectivity index is 0.000000142. The second-order valence-electron chi connectivity index (χ2n) is 33.3. The van der Waals surface area contributed by atoms with Crippen molar-refractivity contribution >= 4 is 79.7 Å². The van der Waals surface area contributed by atoms with Gasteiger partial charge in [-0.05, 0) is 134 Å². The van der Waals surface area contributed by atoms with Crippen LogP contribution in [0.25, 0.3) is 83.9 Å². The average Bonchev–Trinajstić information content (AvgIpc) is 1.71. The predicted molar refractivity (Wildman–Crippen MR) is 477 cm³/mol. The van der Waals surface area contributed by atoms with E-state index in [9.17, 15) is 44.1 Å². The number of piperazine rings is 3. The number of aromatic hydroxyl groups is 3. The van der Waals surface area contributed by atoms with Gasteiger partial charge in [0.1, 0.15) is 74.6 Å². The lowest BCUT2D eigenvalue weighted by molar-refractivity contribution is -0.127. The lowest BCUT2D eigenvalue weighted by Gasteiger charge is -2.43. The van der Waals surface area contributed by atoms with Crippen molar-refractivity contribution in [3.05, 3.63) is 229 Å². The Morgan fingerprint density at radius 3 is 1.21 bits per heavy atom. The van der Waals surface area contributed by atoms with Crippen molar-refractivity contribution in [2.24, 2.45) is 0 Å². The van der Waals surface area contributed by atoms with Crippen LogP contribution in [0.2, 0.25) is 0 Å². The number of aryl methyl sites for hydroxylation is 3. The van der Waals surface area contributed by atoms with E-state index in [4.69, 9.17) is 4.74 Å². The van der Waals surface area contributed by atoms with E-state index in [0.717, 1.165) is 23.8 Å². The fraction of sp³-hybridized carbons (Fsp3) is 0.323. The summed E-state index contributed by atoms with van der Waals surface area (Å²) in [6.07, 6.45) is 9.60. The second kappa shape index (κ2) is 35.0. The first kappa shape index (κ1) is 87.8. The Bertz CT molecular complexity index is 6520. The standard InChI is InChI=1S/2C31H31F2N7O3.C31H30F2N6O4/c1-6-21(42)38-12-13-39-18(15-38)14-37(5)28-23-29(39)36-31(43)40(27-17(4)10-11-34-25(27)16(2)3)30(23)35-26(24(28)33)22-19(32)8-7-9-20(22)41;1-5-21(42)38-13-14-39-18(15-38)10-12-35-26-23-29(39)37-31(43)40(28-17(4)9-11-34-25(28)16(2)3)30(23)36-27(24(26)33)22-19(32)7-6-8-20(22)41;1-5-21(41)37-12-13-38-18(15-37)10-14-43-28-23-29(38)36-31(42)39(27-17(4)9-11-34-25(27)16(2)3)30(23)35-26(24(28)33)22-19(32)7-6-8-20(22)40/h6-11,16,18,41H,1,12-15H2,2-5H3;5-9,11,16,18,35,41H,1,10,12-15H2,2-4H3;5-9,11,16,18,40H,1,10,12-15H2,2-4H3. The summed E-state index contributed by atoms with van der Waals surface area (Å²) in [5, 5.41) is 35.7. The molecule has 3 saturated heterocycles. The van der Waals surface area contributed by atoms with E-state index in [1.54, 1.807) is 63.4 Å². The number of hydrogen-bond acceptors (Lipinski definition) is 24. The molecule has 6 aliphatic rings. The quantitative estimate of drug-likeness (QED) is 0.0652. The molecule has 36 heteroatoms. The minimum Gasteiger partial charge on any atom is -0.507 e. The van der Waals surface area contributed by atoms with Gasteiger partial charge in [0.2, 0.25) is 17.7 Å². The number of carbonyl (C=O) groups is 3.